The number of esters is 1. The predicted octanol–water partition coefficient (Wildman–Crippen LogP) is 1.10. The lowest BCUT2D eigenvalue weighted by Crippen LogP contribution is -2.38. The van der Waals surface area contributed by atoms with E-state index in [2.05, 4.69) is 24.3 Å². The van der Waals surface area contributed by atoms with Gasteiger partial charge in [0.1, 0.15) is 6.04 Å². The molecular formula is C12H21N3O2. The molecule has 1 rings (SSSR count). The largest absolute Gasteiger partial charge is 0.468 e. The molecule has 0 spiro atoms. The van der Waals surface area contributed by atoms with Gasteiger partial charge in [-0.25, -0.2) is 0 Å². The van der Waals surface area contributed by atoms with Gasteiger partial charge in [0.25, 0.3) is 0 Å². The summed E-state index contributed by atoms with van der Waals surface area (Å²) in [6.07, 6.45) is 2.51. The SMILES string of the molecule is COC(=O)C(CC(C)C)NCc1ccnn1C. The summed E-state index contributed by atoms with van der Waals surface area (Å²) in [5.74, 6) is 0.235. The van der Waals surface area contributed by atoms with E-state index in [0.29, 0.717) is 12.5 Å². The van der Waals surface area contributed by atoms with Crippen molar-refractivity contribution in [2.75, 3.05) is 7.11 Å². The van der Waals surface area contributed by atoms with Crippen molar-refractivity contribution in [2.45, 2.75) is 32.9 Å². The van der Waals surface area contributed by atoms with Crippen LogP contribution in [0.2, 0.25) is 0 Å². The van der Waals surface area contributed by atoms with E-state index < -0.39 is 0 Å². The maximum Gasteiger partial charge on any atom is 0.322 e. The molecule has 1 aromatic rings. The Kier molecular flexibility index (Phi) is 5.15. The van der Waals surface area contributed by atoms with Gasteiger partial charge in [0.05, 0.1) is 12.8 Å². The normalized spacial score (nSPS) is 12.8. The van der Waals surface area contributed by atoms with E-state index in [9.17, 15) is 4.79 Å². The summed E-state index contributed by atoms with van der Waals surface area (Å²) in [5.41, 5.74) is 1.04. The van der Waals surface area contributed by atoms with Crippen molar-refractivity contribution >= 4 is 5.97 Å². The highest BCUT2D eigenvalue weighted by atomic mass is 16.5. The fraction of sp³-hybridized carbons (Fsp3) is 0.667. The number of methoxy groups -OCH3 is 1. The summed E-state index contributed by atoms with van der Waals surface area (Å²) in [6.45, 7) is 4.78. The Bertz CT molecular complexity index is 360. The highest BCUT2D eigenvalue weighted by Gasteiger charge is 2.19. The second-order valence-corrected chi connectivity index (χ2v) is 4.53. The Labute approximate surface area is 102 Å². The number of rotatable bonds is 6. The number of hydrogen-bond acceptors (Lipinski definition) is 4. The Morgan fingerprint density at radius 2 is 2.29 bits per heavy atom. The first kappa shape index (κ1) is 13.7. The summed E-state index contributed by atoms with van der Waals surface area (Å²) in [4.78, 5) is 11.6. The molecule has 1 heterocycles. The van der Waals surface area contributed by atoms with Gasteiger partial charge in [0, 0.05) is 19.8 Å². The van der Waals surface area contributed by atoms with Crippen LogP contribution in [0, 0.1) is 5.92 Å². The third kappa shape index (κ3) is 4.19. The third-order valence-electron chi connectivity index (χ3n) is 2.64. The maximum atomic E-state index is 11.6. The van der Waals surface area contributed by atoms with Crippen LogP contribution in [0.3, 0.4) is 0 Å². The molecule has 5 heteroatoms. The van der Waals surface area contributed by atoms with Crippen molar-refractivity contribution in [3.8, 4) is 0 Å². The number of hydrogen-bond donors (Lipinski definition) is 1. The smallest absolute Gasteiger partial charge is 0.322 e. The predicted molar refractivity (Wildman–Crippen MR) is 65.3 cm³/mol. The molecule has 0 saturated carbocycles. The van der Waals surface area contributed by atoms with Crippen molar-refractivity contribution in [3.05, 3.63) is 18.0 Å². The van der Waals surface area contributed by atoms with Gasteiger partial charge in [0.2, 0.25) is 0 Å². The molecule has 1 unspecified atom stereocenters. The molecule has 0 amide bonds. The van der Waals surface area contributed by atoms with Crippen LogP contribution in [0.1, 0.15) is 26.0 Å². The fourth-order valence-corrected chi connectivity index (χ4v) is 1.68. The summed E-state index contributed by atoms with van der Waals surface area (Å²) < 4.78 is 6.58. The minimum Gasteiger partial charge on any atom is -0.468 e. The maximum absolute atomic E-state index is 11.6. The summed E-state index contributed by atoms with van der Waals surface area (Å²) in [7, 11) is 3.30. The van der Waals surface area contributed by atoms with E-state index in [1.807, 2.05) is 13.1 Å². The molecule has 0 saturated heterocycles. The molecule has 0 aliphatic carbocycles. The molecule has 1 N–H and O–H groups in total. The van der Waals surface area contributed by atoms with Crippen LogP contribution >= 0.6 is 0 Å². The third-order valence-corrected chi connectivity index (χ3v) is 2.64. The molecule has 0 aliphatic rings. The Hall–Kier alpha value is -1.36. The molecule has 96 valence electrons. The lowest BCUT2D eigenvalue weighted by atomic mass is 10.0. The van der Waals surface area contributed by atoms with Gasteiger partial charge in [-0.15, -0.1) is 0 Å². The van der Waals surface area contributed by atoms with Gasteiger partial charge in [-0.1, -0.05) is 13.8 Å². The molecule has 5 nitrogen and oxygen atoms in total. The number of carbonyl (C=O) groups excluding carboxylic acids is 1. The standard InChI is InChI=1S/C12H21N3O2/c1-9(2)7-11(12(16)17-4)13-8-10-5-6-14-15(10)3/h5-6,9,11,13H,7-8H2,1-4H3. The first-order valence-corrected chi connectivity index (χ1v) is 5.82. The molecule has 0 bridgehead atoms. The number of carbonyl (C=O) groups is 1. The number of nitrogens with one attached hydrogen (secondary N) is 1. The highest BCUT2D eigenvalue weighted by Crippen LogP contribution is 2.07. The zero-order valence-corrected chi connectivity index (χ0v) is 10.9. The van der Waals surface area contributed by atoms with Crippen molar-refractivity contribution in [1.82, 2.24) is 15.1 Å². The zero-order chi connectivity index (χ0) is 12.8. The Balaban J connectivity index is 2.55. The summed E-state index contributed by atoms with van der Waals surface area (Å²) >= 11 is 0. The second-order valence-electron chi connectivity index (χ2n) is 4.53. The molecular weight excluding hydrogens is 218 g/mol. The molecule has 0 radical (unpaired) electrons. The number of aryl methyl sites for hydroxylation is 1. The van der Waals surface area contributed by atoms with Crippen LogP contribution < -0.4 is 5.32 Å². The van der Waals surface area contributed by atoms with Crippen LogP contribution in [-0.2, 0) is 23.1 Å². The second kappa shape index (κ2) is 6.39. The lowest BCUT2D eigenvalue weighted by molar-refractivity contribution is -0.143. The van der Waals surface area contributed by atoms with Gasteiger partial charge in [-0.05, 0) is 18.4 Å². The zero-order valence-electron chi connectivity index (χ0n) is 10.9. The van der Waals surface area contributed by atoms with Crippen LogP contribution in [0.4, 0.5) is 0 Å². The van der Waals surface area contributed by atoms with E-state index in [4.69, 9.17) is 4.74 Å². The van der Waals surface area contributed by atoms with E-state index >= 15 is 0 Å². The van der Waals surface area contributed by atoms with E-state index in [1.165, 1.54) is 7.11 Å². The van der Waals surface area contributed by atoms with Crippen LogP contribution in [0.15, 0.2) is 12.3 Å². The van der Waals surface area contributed by atoms with Gasteiger partial charge >= 0.3 is 5.97 Å². The van der Waals surface area contributed by atoms with Gasteiger partial charge in [-0.2, -0.15) is 5.10 Å². The first-order chi connectivity index (χ1) is 8.04. The molecule has 1 atom stereocenters. The van der Waals surface area contributed by atoms with Gasteiger partial charge in [-0.3, -0.25) is 14.8 Å². The van der Waals surface area contributed by atoms with Crippen LogP contribution in [0.25, 0.3) is 0 Å². The van der Waals surface area contributed by atoms with Crippen LogP contribution in [-0.4, -0.2) is 28.9 Å². The first-order valence-electron chi connectivity index (χ1n) is 5.82. The molecule has 0 fully saturated rings. The van der Waals surface area contributed by atoms with Gasteiger partial charge < -0.3 is 4.74 Å². The number of nitrogens with zero attached hydrogens (tertiary/aromatic N) is 2. The molecule has 1 aromatic heterocycles. The highest BCUT2D eigenvalue weighted by molar-refractivity contribution is 5.75. The Morgan fingerprint density at radius 3 is 2.76 bits per heavy atom. The number of aromatic nitrogens is 2. The average molecular weight is 239 g/mol. The van der Waals surface area contributed by atoms with Crippen molar-refractivity contribution in [1.29, 1.82) is 0 Å². The quantitative estimate of drug-likeness (QED) is 0.755. The van der Waals surface area contributed by atoms with Crippen LogP contribution in [0.5, 0.6) is 0 Å². The van der Waals surface area contributed by atoms with Crippen molar-refractivity contribution in [2.24, 2.45) is 13.0 Å². The van der Waals surface area contributed by atoms with E-state index in [-0.39, 0.29) is 12.0 Å². The Morgan fingerprint density at radius 1 is 1.59 bits per heavy atom. The van der Waals surface area contributed by atoms with E-state index in [0.717, 1.165) is 12.1 Å². The van der Waals surface area contributed by atoms with Crippen molar-refractivity contribution in [3.63, 3.8) is 0 Å². The summed E-state index contributed by atoms with van der Waals surface area (Å²) in [6, 6.07) is 1.67. The fourth-order valence-electron chi connectivity index (χ4n) is 1.68. The molecule has 17 heavy (non-hydrogen) atoms. The lowest BCUT2D eigenvalue weighted by Gasteiger charge is -2.18. The average Bonchev–Trinajstić information content (AvgIpc) is 2.68. The topological polar surface area (TPSA) is 56.1 Å². The molecule has 0 aromatic carbocycles. The van der Waals surface area contributed by atoms with Crippen molar-refractivity contribution < 1.29 is 9.53 Å². The summed E-state index contributed by atoms with van der Waals surface area (Å²) in [5, 5.41) is 7.29. The van der Waals surface area contributed by atoms with E-state index in [1.54, 1.807) is 10.9 Å². The monoisotopic (exact) mass is 239 g/mol. The minimum atomic E-state index is -0.255. The number of ether oxygens (including phenoxy) is 1. The van der Waals surface area contributed by atoms with Gasteiger partial charge in [0.15, 0.2) is 0 Å². The molecule has 0 aliphatic heterocycles. The minimum absolute atomic E-state index is 0.208.